The van der Waals surface area contributed by atoms with Gasteiger partial charge in [0.15, 0.2) is 0 Å². The second-order valence-electron chi connectivity index (χ2n) is 7.94. The first-order valence-corrected chi connectivity index (χ1v) is 10.4. The molecule has 1 saturated heterocycles. The number of urea groups is 1. The Balaban J connectivity index is 1.31. The topological polar surface area (TPSA) is 79.2 Å². The van der Waals surface area contributed by atoms with E-state index in [4.69, 9.17) is 4.74 Å². The van der Waals surface area contributed by atoms with Crippen LogP contribution in [0.25, 0.3) is 5.65 Å². The summed E-state index contributed by atoms with van der Waals surface area (Å²) in [5.41, 5.74) is 2.41. The molecule has 0 saturated carbocycles. The average Bonchev–Trinajstić information content (AvgIpc) is 3.20. The third kappa shape index (κ3) is 4.96. The molecule has 3 amide bonds. The second-order valence-corrected chi connectivity index (χ2v) is 7.94. The lowest BCUT2D eigenvalue weighted by molar-refractivity contribution is -0.121. The minimum atomic E-state index is -0.103. The van der Waals surface area contributed by atoms with Gasteiger partial charge in [-0.1, -0.05) is 12.1 Å². The molecule has 1 aromatic carbocycles. The minimum Gasteiger partial charge on any atom is -0.487 e. The SMILES string of the molecule is CN(C)C(=O)N1CCC(C(=O)Nc2cccc(OCc3cn4ccccc4n3)c2)CC1. The number of pyridine rings is 1. The molecule has 3 heterocycles. The van der Waals surface area contributed by atoms with Crippen LogP contribution in [0, 0.1) is 5.92 Å². The number of hydrogen-bond acceptors (Lipinski definition) is 4. The number of nitrogens with zero attached hydrogens (tertiary/aromatic N) is 4. The monoisotopic (exact) mass is 421 g/mol. The van der Waals surface area contributed by atoms with Gasteiger partial charge in [-0.3, -0.25) is 4.79 Å². The van der Waals surface area contributed by atoms with Crippen molar-refractivity contribution >= 4 is 23.3 Å². The minimum absolute atomic E-state index is 0.00526. The number of piperidine rings is 1. The second kappa shape index (κ2) is 9.07. The molecular weight excluding hydrogens is 394 g/mol. The molecule has 0 unspecified atom stereocenters. The van der Waals surface area contributed by atoms with Gasteiger partial charge in [-0.2, -0.15) is 0 Å². The first-order valence-electron chi connectivity index (χ1n) is 10.4. The Morgan fingerprint density at radius 3 is 2.71 bits per heavy atom. The predicted octanol–water partition coefficient (Wildman–Crippen LogP) is 3.25. The normalized spacial score (nSPS) is 14.5. The quantitative estimate of drug-likeness (QED) is 0.686. The van der Waals surface area contributed by atoms with E-state index in [1.54, 1.807) is 23.9 Å². The van der Waals surface area contributed by atoms with Gasteiger partial charge in [0.2, 0.25) is 5.91 Å². The molecule has 0 radical (unpaired) electrons. The molecule has 0 bridgehead atoms. The smallest absolute Gasteiger partial charge is 0.319 e. The Morgan fingerprint density at radius 2 is 1.97 bits per heavy atom. The molecule has 1 aliphatic heterocycles. The molecule has 0 spiro atoms. The number of nitrogens with one attached hydrogen (secondary N) is 1. The van der Waals surface area contributed by atoms with E-state index in [-0.39, 0.29) is 17.9 Å². The highest BCUT2D eigenvalue weighted by atomic mass is 16.5. The highest BCUT2D eigenvalue weighted by molar-refractivity contribution is 5.93. The van der Waals surface area contributed by atoms with Crippen LogP contribution in [-0.2, 0) is 11.4 Å². The molecule has 2 aromatic heterocycles. The lowest BCUT2D eigenvalue weighted by atomic mass is 9.96. The van der Waals surface area contributed by atoms with E-state index >= 15 is 0 Å². The van der Waals surface area contributed by atoms with Crippen molar-refractivity contribution in [2.75, 3.05) is 32.5 Å². The number of benzene rings is 1. The van der Waals surface area contributed by atoms with Gasteiger partial charge in [-0.05, 0) is 37.1 Å². The van der Waals surface area contributed by atoms with E-state index in [1.807, 2.05) is 59.3 Å². The van der Waals surface area contributed by atoms with Gasteiger partial charge < -0.3 is 24.3 Å². The van der Waals surface area contributed by atoms with Crippen molar-refractivity contribution < 1.29 is 14.3 Å². The first-order chi connectivity index (χ1) is 15.0. The van der Waals surface area contributed by atoms with Gasteiger partial charge in [0.25, 0.3) is 0 Å². The van der Waals surface area contributed by atoms with Crippen LogP contribution in [0.4, 0.5) is 10.5 Å². The van der Waals surface area contributed by atoms with Crippen LogP contribution in [0.5, 0.6) is 5.75 Å². The molecule has 0 atom stereocenters. The van der Waals surface area contributed by atoms with E-state index < -0.39 is 0 Å². The van der Waals surface area contributed by atoms with Crippen molar-refractivity contribution in [3.8, 4) is 5.75 Å². The third-order valence-corrected chi connectivity index (χ3v) is 5.42. The summed E-state index contributed by atoms with van der Waals surface area (Å²) >= 11 is 0. The summed E-state index contributed by atoms with van der Waals surface area (Å²) in [6, 6.07) is 13.2. The molecule has 8 nitrogen and oxygen atoms in total. The van der Waals surface area contributed by atoms with Crippen LogP contribution in [0.1, 0.15) is 18.5 Å². The van der Waals surface area contributed by atoms with E-state index in [0.29, 0.717) is 44.0 Å². The molecule has 162 valence electrons. The Morgan fingerprint density at radius 1 is 1.16 bits per heavy atom. The number of likely N-dealkylation sites (tertiary alicyclic amines) is 1. The summed E-state index contributed by atoms with van der Waals surface area (Å²) in [6.45, 7) is 1.53. The number of hydrogen-bond donors (Lipinski definition) is 1. The van der Waals surface area contributed by atoms with Crippen LogP contribution in [0.15, 0.2) is 54.9 Å². The van der Waals surface area contributed by atoms with Gasteiger partial charge in [-0.25, -0.2) is 9.78 Å². The standard InChI is InChI=1S/C23H27N5O3/c1-26(2)23(30)27-12-9-17(10-13-27)22(29)25-18-6-5-7-20(14-18)31-16-19-15-28-11-4-3-8-21(28)24-19/h3-8,11,14-15,17H,9-10,12-13,16H2,1-2H3,(H,25,29). The maximum absolute atomic E-state index is 12.7. The largest absolute Gasteiger partial charge is 0.487 e. The Kier molecular flexibility index (Phi) is 6.06. The summed E-state index contributed by atoms with van der Waals surface area (Å²) in [7, 11) is 3.48. The highest BCUT2D eigenvalue weighted by Gasteiger charge is 2.28. The zero-order valence-electron chi connectivity index (χ0n) is 17.8. The maximum Gasteiger partial charge on any atom is 0.319 e. The van der Waals surface area contributed by atoms with Gasteiger partial charge in [-0.15, -0.1) is 0 Å². The fourth-order valence-electron chi connectivity index (χ4n) is 3.74. The first kappa shape index (κ1) is 20.7. The summed E-state index contributed by atoms with van der Waals surface area (Å²) in [5, 5.41) is 2.99. The van der Waals surface area contributed by atoms with E-state index in [9.17, 15) is 9.59 Å². The molecule has 4 rings (SSSR count). The maximum atomic E-state index is 12.7. The van der Waals surface area contributed by atoms with Crippen molar-refractivity contribution in [1.82, 2.24) is 19.2 Å². The number of imidazole rings is 1. The van der Waals surface area contributed by atoms with E-state index in [2.05, 4.69) is 10.3 Å². The van der Waals surface area contributed by atoms with Crippen molar-refractivity contribution in [3.05, 3.63) is 60.6 Å². The molecule has 1 aliphatic rings. The zero-order valence-corrected chi connectivity index (χ0v) is 17.8. The number of fused-ring (bicyclic) bond motifs is 1. The number of aromatic nitrogens is 2. The van der Waals surface area contributed by atoms with Crippen molar-refractivity contribution in [3.63, 3.8) is 0 Å². The molecule has 1 N–H and O–H groups in total. The predicted molar refractivity (Wildman–Crippen MR) is 118 cm³/mol. The van der Waals surface area contributed by atoms with Crippen LogP contribution >= 0.6 is 0 Å². The van der Waals surface area contributed by atoms with Crippen LogP contribution in [-0.4, -0.2) is 58.3 Å². The van der Waals surface area contributed by atoms with Crippen LogP contribution < -0.4 is 10.1 Å². The molecule has 3 aromatic rings. The Labute approximate surface area is 181 Å². The fourth-order valence-corrected chi connectivity index (χ4v) is 3.74. The summed E-state index contributed by atoms with van der Waals surface area (Å²) < 4.78 is 7.83. The number of carbonyl (C=O) groups excluding carboxylic acids is 2. The lowest BCUT2D eigenvalue weighted by Crippen LogP contribution is -2.45. The summed E-state index contributed by atoms with van der Waals surface area (Å²) in [5.74, 6) is 0.546. The molecule has 8 heteroatoms. The van der Waals surface area contributed by atoms with Crippen molar-refractivity contribution in [2.24, 2.45) is 5.92 Å². The third-order valence-electron chi connectivity index (χ3n) is 5.42. The lowest BCUT2D eigenvalue weighted by Gasteiger charge is -2.33. The van der Waals surface area contributed by atoms with Gasteiger partial charge in [0.1, 0.15) is 18.0 Å². The van der Waals surface area contributed by atoms with Crippen LogP contribution in [0.3, 0.4) is 0 Å². The van der Waals surface area contributed by atoms with Crippen LogP contribution in [0.2, 0.25) is 0 Å². The van der Waals surface area contributed by atoms with Gasteiger partial charge in [0, 0.05) is 57.3 Å². The van der Waals surface area contributed by atoms with Crippen molar-refractivity contribution in [1.29, 1.82) is 0 Å². The molecule has 0 aliphatic carbocycles. The number of rotatable bonds is 5. The fraction of sp³-hybridized carbons (Fsp3) is 0.348. The van der Waals surface area contributed by atoms with Gasteiger partial charge in [0.05, 0.1) is 5.69 Å². The van der Waals surface area contributed by atoms with Gasteiger partial charge >= 0.3 is 6.03 Å². The number of amides is 3. The molecular formula is C23H27N5O3. The highest BCUT2D eigenvalue weighted by Crippen LogP contribution is 2.23. The zero-order chi connectivity index (χ0) is 21.8. The summed E-state index contributed by atoms with van der Waals surface area (Å²) in [4.78, 5) is 32.6. The van der Waals surface area contributed by atoms with E-state index in [1.165, 1.54) is 0 Å². The number of anilines is 1. The Bertz CT molecular complexity index is 1040. The average molecular weight is 422 g/mol. The Hall–Kier alpha value is -3.55. The molecule has 31 heavy (non-hydrogen) atoms. The number of ether oxygens (including phenoxy) is 1. The molecule has 1 fully saturated rings. The van der Waals surface area contributed by atoms with E-state index in [0.717, 1.165) is 11.3 Å². The van der Waals surface area contributed by atoms with Crippen molar-refractivity contribution in [2.45, 2.75) is 19.4 Å². The number of carbonyl (C=O) groups is 2. The summed E-state index contributed by atoms with van der Waals surface area (Å²) in [6.07, 6.45) is 5.21.